The monoisotopic (exact) mass is 346 g/mol. The molecule has 1 aromatic rings. The van der Waals surface area contributed by atoms with Gasteiger partial charge in [-0.25, -0.2) is 9.36 Å². The van der Waals surface area contributed by atoms with Crippen LogP contribution in [-0.4, -0.2) is 32.0 Å². The van der Waals surface area contributed by atoms with E-state index in [-0.39, 0.29) is 30.1 Å². The Morgan fingerprint density at radius 1 is 1.24 bits per heavy atom. The fourth-order valence-electron chi connectivity index (χ4n) is 3.42. The molecule has 0 N–H and O–H groups in total. The van der Waals surface area contributed by atoms with Crippen LogP contribution in [0.5, 0.6) is 0 Å². The standard InChI is InChI=1S/C18H26N4O3/c1-5-12(3)22(13(4)6-2)16(23)11-21-17(24)14(10-19)15-8-7-9-20(15)18(21)25/h12-13H,5-9,11H2,1-4H3/t12-,13+. The number of rotatable bonds is 6. The SMILES string of the molecule is CC[C@@H](C)N(C(=O)Cn1c(=O)c(C#N)c2n(c1=O)CCC2)[C@@H](C)CC. The Kier molecular flexibility index (Phi) is 5.83. The van der Waals surface area contributed by atoms with E-state index in [1.54, 1.807) is 4.90 Å². The predicted octanol–water partition coefficient (Wildman–Crippen LogP) is 1.25. The summed E-state index contributed by atoms with van der Waals surface area (Å²) < 4.78 is 2.39. The summed E-state index contributed by atoms with van der Waals surface area (Å²) in [6, 6.07) is 1.95. The van der Waals surface area contributed by atoms with E-state index >= 15 is 0 Å². The van der Waals surface area contributed by atoms with Gasteiger partial charge >= 0.3 is 5.69 Å². The van der Waals surface area contributed by atoms with Gasteiger partial charge in [0.1, 0.15) is 18.2 Å². The number of fused-ring (bicyclic) bond motifs is 1. The van der Waals surface area contributed by atoms with Gasteiger partial charge in [0.25, 0.3) is 5.56 Å². The molecule has 0 saturated heterocycles. The summed E-state index contributed by atoms with van der Waals surface area (Å²) in [6.45, 7) is 8.08. The summed E-state index contributed by atoms with van der Waals surface area (Å²) in [5.41, 5.74) is -0.647. The zero-order valence-electron chi connectivity index (χ0n) is 15.4. The van der Waals surface area contributed by atoms with Crippen molar-refractivity contribution in [3.05, 3.63) is 32.1 Å². The van der Waals surface area contributed by atoms with Crippen LogP contribution in [0.15, 0.2) is 9.59 Å². The third-order valence-corrected chi connectivity index (χ3v) is 5.16. The van der Waals surface area contributed by atoms with Gasteiger partial charge in [-0.15, -0.1) is 0 Å². The van der Waals surface area contributed by atoms with Gasteiger partial charge in [0.2, 0.25) is 5.91 Å². The topological polar surface area (TPSA) is 88.1 Å². The Hall–Kier alpha value is -2.36. The van der Waals surface area contributed by atoms with Crippen molar-refractivity contribution in [2.45, 2.75) is 78.6 Å². The third kappa shape index (κ3) is 3.39. The predicted molar refractivity (Wildman–Crippen MR) is 94.4 cm³/mol. The fraction of sp³-hybridized carbons (Fsp3) is 0.667. The first-order chi connectivity index (χ1) is 11.9. The van der Waals surface area contributed by atoms with Crippen molar-refractivity contribution in [2.24, 2.45) is 0 Å². The number of carbonyl (C=O) groups is 1. The minimum Gasteiger partial charge on any atom is -0.336 e. The zero-order chi connectivity index (χ0) is 18.7. The first-order valence-electron chi connectivity index (χ1n) is 8.95. The summed E-state index contributed by atoms with van der Waals surface area (Å²) in [6.07, 6.45) is 2.86. The molecule has 0 spiro atoms. The van der Waals surface area contributed by atoms with Crippen molar-refractivity contribution in [3.8, 4) is 6.07 Å². The molecule has 2 atom stereocenters. The van der Waals surface area contributed by atoms with Crippen molar-refractivity contribution < 1.29 is 4.79 Å². The van der Waals surface area contributed by atoms with Gasteiger partial charge in [-0.1, -0.05) is 13.8 Å². The van der Waals surface area contributed by atoms with Gasteiger partial charge in [0, 0.05) is 24.3 Å². The van der Waals surface area contributed by atoms with E-state index in [9.17, 15) is 19.6 Å². The maximum atomic E-state index is 12.9. The van der Waals surface area contributed by atoms with Gasteiger partial charge in [-0.3, -0.25) is 14.2 Å². The van der Waals surface area contributed by atoms with Gasteiger partial charge in [-0.05, 0) is 39.5 Å². The normalized spacial score (nSPS) is 15.3. The summed E-state index contributed by atoms with van der Waals surface area (Å²) in [4.78, 5) is 39.8. The lowest BCUT2D eigenvalue weighted by atomic mass is 10.1. The molecule has 1 aliphatic rings. The lowest BCUT2D eigenvalue weighted by molar-refractivity contribution is -0.136. The molecule has 1 amide bonds. The molecule has 0 bridgehead atoms. The number of aromatic nitrogens is 2. The van der Waals surface area contributed by atoms with E-state index in [0.717, 1.165) is 23.8 Å². The van der Waals surface area contributed by atoms with Crippen molar-refractivity contribution in [1.29, 1.82) is 5.26 Å². The summed E-state index contributed by atoms with van der Waals surface area (Å²) >= 11 is 0. The molecular weight excluding hydrogens is 320 g/mol. The lowest BCUT2D eigenvalue weighted by Gasteiger charge is -2.34. The van der Waals surface area contributed by atoms with Crippen molar-refractivity contribution in [2.75, 3.05) is 0 Å². The number of carbonyl (C=O) groups excluding carboxylic acids is 1. The highest BCUT2D eigenvalue weighted by Crippen LogP contribution is 2.15. The van der Waals surface area contributed by atoms with Gasteiger partial charge < -0.3 is 4.90 Å². The van der Waals surface area contributed by atoms with Crippen LogP contribution in [0.25, 0.3) is 0 Å². The van der Waals surface area contributed by atoms with E-state index in [1.807, 2.05) is 33.8 Å². The van der Waals surface area contributed by atoms with E-state index in [4.69, 9.17) is 0 Å². The molecule has 136 valence electrons. The third-order valence-electron chi connectivity index (χ3n) is 5.16. The highest BCUT2D eigenvalue weighted by molar-refractivity contribution is 5.76. The van der Waals surface area contributed by atoms with Crippen molar-refractivity contribution >= 4 is 5.91 Å². The molecule has 0 aliphatic carbocycles. The number of hydrogen-bond donors (Lipinski definition) is 0. The van der Waals surface area contributed by atoms with Crippen molar-refractivity contribution in [1.82, 2.24) is 14.0 Å². The summed E-state index contributed by atoms with van der Waals surface area (Å²) in [5, 5.41) is 9.32. The second kappa shape index (κ2) is 7.68. The second-order valence-corrected chi connectivity index (χ2v) is 6.68. The maximum Gasteiger partial charge on any atom is 0.331 e. The molecule has 25 heavy (non-hydrogen) atoms. The summed E-state index contributed by atoms with van der Waals surface area (Å²) in [7, 11) is 0. The van der Waals surface area contributed by atoms with Crippen molar-refractivity contribution in [3.63, 3.8) is 0 Å². The molecule has 0 radical (unpaired) electrons. The Labute approximate surface area is 147 Å². The molecule has 1 aromatic heterocycles. The van der Waals surface area contributed by atoms with Gasteiger partial charge in [-0.2, -0.15) is 5.26 Å². The highest BCUT2D eigenvalue weighted by Gasteiger charge is 2.27. The molecule has 0 fully saturated rings. The summed E-state index contributed by atoms with van der Waals surface area (Å²) in [5.74, 6) is -0.259. The number of amides is 1. The molecule has 7 heteroatoms. The van der Waals surface area contributed by atoms with Gasteiger partial charge in [0.05, 0.1) is 0 Å². The zero-order valence-corrected chi connectivity index (χ0v) is 15.4. The van der Waals surface area contributed by atoms with E-state index < -0.39 is 11.2 Å². The Morgan fingerprint density at radius 3 is 2.36 bits per heavy atom. The van der Waals surface area contributed by atoms with Crippen LogP contribution in [0, 0.1) is 11.3 Å². The number of nitrogens with zero attached hydrogens (tertiary/aromatic N) is 4. The first-order valence-corrected chi connectivity index (χ1v) is 8.95. The van der Waals surface area contributed by atoms with E-state index in [2.05, 4.69) is 0 Å². The van der Waals surface area contributed by atoms with Gasteiger partial charge in [0.15, 0.2) is 0 Å². The number of hydrogen-bond acceptors (Lipinski definition) is 4. The fourth-order valence-corrected chi connectivity index (χ4v) is 3.42. The highest BCUT2D eigenvalue weighted by atomic mass is 16.2. The quantitative estimate of drug-likeness (QED) is 0.775. The van der Waals surface area contributed by atoms with Crippen LogP contribution in [0.3, 0.4) is 0 Å². The Balaban J connectivity index is 2.47. The second-order valence-electron chi connectivity index (χ2n) is 6.68. The van der Waals surface area contributed by atoms with Crippen LogP contribution in [-0.2, 0) is 24.3 Å². The minimum atomic E-state index is -0.651. The van der Waals surface area contributed by atoms with Crippen LogP contribution in [0.1, 0.15) is 58.2 Å². The molecule has 0 saturated carbocycles. The maximum absolute atomic E-state index is 12.9. The lowest BCUT2D eigenvalue weighted by Crippen LogP contribution is -2.50. The number of nitriles is 1. The van der Waals surface area contributed by atoms with E-state index in [0.29, 0.717) is 18.7 Å². The molecule has 0 aromatic carbocycles. The van der Waals surface area contributed by atoms with E-state index in [1.165, 1.54) is 4.57 Å². The molecule has 7 nitrogen and oxygen atoms in total. The average Bonchev–Trinajstić information content (AvgIpc) is 3.08. The average molecular weight is 346 g/mol. The van der Waals surface area contributed by atoms with Crippen LogP contribution >= 0.6 is 0 Å². The Morgan fingerprint density at radius 2 is 1.84 bits per heavy atom. The molecule has 2 rings (SSSR count). The molecule has 1 aliphatic heterocycles. The van der Waals surface area contributed by atoms with Crippen LogP contribution < -0.4 is 11.2 Å². The Bertz CT molecular complexity index is 805. The minimum absolute atomic E-state index is 0.0106. The molecular formula is C18H26N4O3. The van der Waals surface area contributed by atoms with Crippen LogP contribution in [0.2, 0.25) is 0 Å². The first kappa shape index (κ1) is 19.0. The van der Waals surface area contributed by atoms with Crippen LogP contribution in [0.4, 0.5) is 0 Å². The smallest absolute Gasteiger partial charge is 0.331 e. The molecule has 0 unspecified atom stereocenters. The molecule has 2 heterocycles. The largest absolute Gasteiger partial charge is 0.336 e.